The maximum Gasteiger partial charge on any atom is 0.257 e. The van der Waals surface area contributed by atoms with Crippen molar-refractivity contribution >= 4 is 17.6 Å². The molecule has 6 heteroatoms. The van der Waals surface area contributed by atoms with Crippen LogP contribution in [0.2, 0.25) is 0 Å². The predicted octanol–water partition coefficient (Wildman–Crippen LogP) is 3.51. The number of halogens is 1. The molecule has 0 unspecified atom stereocenters. The topological polar surface area (TPSA) is 62.7 Å². The lowest BCUT2D eigenvalue weighted by molar-refractivity contribution is 0.0975. The van der Waals surface area contributed by atoms with Gasteiger partial charge >= 0.3 is 0 Å². The SMILES string of the molecule is Cc1ccc(NC(=NC[C@@H]2CCCO2)NC(=O)c2ccc(F)cc2)cc1. The summed E-state index contributed by atoms with van der Waals surface area (Å²) < 4.78 is 18.6. The molecule has 136 valence electrons. The molecule has 0 radical (unpaired) electrons. The molecule has 0 spiro atoms. The third kappa shape index (κ3) is 5.13. The molecule has 2 N–H and O–H groups in total. The quantitative estimate of drug-likeness (QED) is 0.652. The van der Waals surface area contributed by atoms with Crippen LogP contribution < -0.4 is 10.6 Å². The van der Waals surface area contributed by atoms with Crippen molar-refractivity contribution in [1.29, 1.82) is 0 Å². The van der Waals surface area contributed by atoms with Gasteiger partial charge < -0.3 is 10.1 Å². The minimum Gasteiger partial charge on any atom is -0.376 e. The highest BCUT2D eigenvalue weighted by Crippen LogP contribution is 2.13. The minimum absolute atomic E-state index is 0.0764. The Hall–Kier alpha value is -2.73. The second kappa shape index (κ2) is 8.58. The van der Waals surface area contributed by atoms with E-state index in [-0.39, 0.29) is 17.8 Å². The second-order valence-electron chi connectivity index (χ2n) is 6.28. The zero-order chi connectivity index (χ0) is 18.4. The van der Waals surface area contributed by atoms with Gasteiger partial charge in [-0.05, 0) is 56.2 Å². The normalized spacial score (nSPS) is 17.2. The molecule has 1 aliphatic rings. The molecule has 2 aromatic rings. The highest BCUT2D eigenvalue weighted by Gasteiger charge is 2.16. The van der Waals surface area contributed by atoms with Crippen molar-refractivity contribution in [1.82, 2.24) is 5.32 Å². The molecule has 1 amide bonds. The molecule has 0 bridgehead atoms. The lowest BCUT2D eigenvalue weighted by atomic mass is 10.2. The zero-order valence-corrected chi connectivity index (χ0v) is 14.7. The number of amides is 1. The Balaban J connectivity index is 1.72. The molecule has 1 atom stereocenters. The number of hydrogen-bond acceptors (Lipinski definition) is 3. The lowest BCUT2D eigenvalue weighted by Crippen LogP contribution is -2.36. The number of rotatable bonds is 4. The summed E-state index contributed by atoms with van der Waals surface area (Å²) >= 11 is 0. The molecule has 3 rings (SSSR count). The molecule has 2 aromatic carbocycles. The number of aryl methyl sites for hydroxylation is 1. The van der Waals surface area contributed by atoms with Crippen LogP contribution in [0.1, 0.15) is 28.8 Å². The van der Waals surface area contributed by atoms with Crippen molar-refractivity contribution < 1.29 is 13.9 Å². The Kier molecular flexibility index (Phi) is 5.96. The van der Waals surface area contributed by atoms with Gasteiger partial charge in [-0.25, -0.2) is 9.38 Å². The van der Waals surface area contributed by atoms with E-state index >= 15 is 0 Å². The third-order valence-corrected chi connectivity index (χ3v) is 4.13. The fourth-order valence-corrected chi connectivity index (χ4v) is 2.65. The van der Waals surface area contributed by atoms with Gasteiger partial charge in [-0.1, -0.05) is 17.7 Å². The highest BCUT2D eigenvalue weighted by molar-refractivity contribution is 6.09. The van der Waals surface area contributed by atoms with Crippen molar-refractivity contribution in [3.05, 3.63) is 65.5 Å². The number of aliphatic imine (C=N–C) groups is 1. The van der Waals surface area contributed by atoms with E-state index in [4.69, 9.17) is 4.74 Å². The average molecular weight is 355 g/mol. The highest BCUT2D eigenvalue weighted by atomic mass is 19.1. The van der Waals surface area contributed by atoms with Gasteiger partial charge in [0.05, 0.1) is 12.6 Å². The molecular formula is C20H22FN3O2. The van der Waals surface area contributed by atoms with Crippen LogP contribution in [-0.2, 0) is 4.74 Å². The first kappa shape index (κ1) is 18.1. The Morgan fingerprint density at radius 3 is 2.58 bits per heavy atom. The number of carbonyl (C=O) groups excluding carboxylic acids is 1. The number of carbonyl (C=O) groups is 1. The molecule has 1 fully saturated rings. The number of hydrogen-bond donors (Lipinski definition) is 2. The summed E-state index contributed by atoms with van der Waals surface area (Å²) in [7, 11) is 0. The number of anilines is 1. The first-order chi connectivity index (χ1) is 12.6. The van der Waals surface area contributed by atoms with E-state index in [9.17, 15) is 9.18 Å². The first-order valence-corrected chi connectivity index (χ1v) is 8.67. The fraction of sp³-hybridized carbons (Fsp3) is 0.300. The molecule has 1 heterocycles. The van der Waals surface area contributed by atoms with E-state index in [1.54, 1.807) is 0 Å². The van der Waals surface area contributed by atoms with Gasteiger partial charge in [0, 0.05) is 17.9 Å². The fourth-order valence-electron chi connectivity index (χ4n) is 2.65. The summed E-state index contributed by atoms with van der Waals surface area (Å²) in [5.74, 6) is -0.388. The summed E-state index contributed by atoms with van der Waals surface area (Å²) in [4.78, 5) is 16.9. The van der Waals surface area contributed by atoms with Gasteiger partial charge in [-0.3, -0.25) is 10.1 Å². The van der Waals surface area contributed by atoms with Crippen molar-refractivity contribution in [2.75, 3.05) is 18.5 Å². The second-order valence-corrected chi connectivity index (χ2v) is 6.28. The molecule has 1 aliphatic heterocycles. The lowest BCUT2D eigenvalue weighted by Gasteiger charge is -2.13. The van der Waals surface area contributed by atoms with Gasteiger partial charge in [0.1, 0.15) is 5.82 Å². The molecule has 0 aromatic heterocycles. The number of ether oxygens (including phenoxy) is 1. The van der Waals surface area contributed by atoms with E-state index in [2.05, 4.69) is 15.6 Å². The van der Waals surface area contributed by atoms with E-state index in [1.807, 2.05) is 31.2 Å². The minimum atomic E-state index is -0.383. The Morgan fingerprint density at radius 1 is 1.19 bits per heavy atom. The van der Waals surface area contributed by atoms with E-state index < -0.39 is 0 Å². The predicted molar refractivity (Wildman–Crippen MR) is 99.9 cm³/mol. The van der Waals surface area contributed by atoms with Crippen LogP contribution in [0.3, 0.4) is 0 Å². The number of benzene rings is 2. The summed E-state index contributed by atoms with van der Waals surface area (Å²) in [5, 5.41) is 5.89. The van der Waals surface area contributed by atoms with Crippen LogP contribution in [0.5, 0.6) is 0 Å². The van der Waals surface area contributed by atoms with E-state index in [0.29, 0.717) is 18.1 Å². The maximum atomic E-state index is 13.0. The van der Waals surface area contributed by atoms with Gasteiger partial charge in [0.2, 0.25) is 5.96 Å². The van der Waals surface area contributed by atoms with Crippen LogP contribution in [0.15, 0.2) is 53.5 Å². The van der Waals surface area contributed by atoms with Crippen molar-refractivity contribution in [2.45, 2.75) is 25.9 Å². The van der Waals surface area contributed by atoms with Crippen molar-refractivity contribution in [3.8, 4) is 0 Å². The standard InChI is InChI=1S/C20H22FN3O2/c1-14-4-10-17(11-5-14)23-20(22-13-18-3-2-12-26-18)24-19(25)15-6-8-16(21)9-7-15/h4-11,18H,2-3,12-13H2,1H3,(H2,22,23,24,25)/t18-/m0/s1. The molecule has 0 saturated carbocycles. The van der Waals surface area contributed by atoms with Crippen LogP contribution in [0.25, 0.3) is 0 Å². The Labute approximate surface area is 152 Å². The van der Waals surface area contributed by atoms with Gasteiger partial charge in [0.25, 0.3) is 5.91 Å². The number of nitrogens with one attached hydrogen (secondary N) is 2. The van der Waals surface area contributed by atoms with Gasteiger partial charge in [-0.2, -0.15) is 0 Å². The molecule has 26 heavy (non-hydrogen) atoms. The first-order valence-electron chi connectivity index (χ1n) is 8.67. The van der Waals surface area contributed by atoms with Crippen LogP contribution >= 0.6 is 0 Å². The zero-order valence-electron chi connectivity index (χ0n) is 14.7. The monoisotopic (exact) mass is 355 g/mol. The molecular weight excluding hydrogens is 333 g/mol. The van der Waals surface area contributed by atoms with E-state index in [0.717, 1.165) is 30.7 Å². The molecule has 5 nitrogen and oxygen atoms in total. The maximum absolute atomic E-state index is 13.0. The summed E-state index contributed by atoms with van der Waals surface area (Å²) in [5.41, 5.74) is 2.33. The van der Waals surface area contributed by atoms with Crippen molar-refractivity contribution in [3.63, 3.8) is 0 Å². The summed E-state index contributed by atoms with van der Waals surface area (Å²) in [6.45, 7) is 3.23. The Bertz CT molecular complexity index is 767. The van der Waals surface area contributed by atoms with Gasteiger partial charge in [0.15, 0.2) is 0 Å². The smallest absolute Gasteiger partial charge is 0.257 e. The summed E-state index contributed by atoms with van der Waals surface area (Å²) in [6.07, 6.45) is 2.07. The van der Waals surface area contributed by atoms with Crippen molar-refractivity contribution in [2.24, 2.45) is 4.99 Å². The van der Waals surface area contributed by atoms with E-state index in [1.165, 1.54) is 24.3 Å². The van der Waals surface area contributed by atoms with Crippen LogP contribution in [-0.4, -0.2) is 31.1 Å². The summed E-state index contributed by atoms with van der Waals surface area (Å²) in [6, 6.07) is 13.2. The largest absolute Gasteiger partial charge is 0.376 e. The van der Waals surface area contributed by atoms with Crippen LogP contribution in [0.4, 0.5) is 10.1 Å². The molecule has 1 saturated heterocycles. The Morgan fingerprint density at radius 2 is 1.92 bits per heavy atom. The molecule has 0 aliphatic carbocycles. The number of nitrogens with zero attached hydrogens (tertiary/aromatic N) is 1. The van der Waals surface area contributed by atoms with Gasteiger partial charge in [-0.15, -0.1) is 0 Å². The average Bonchev–Trinajstić information content (AvgIpc) is 3.15. The third-order valence-electron chi connectivity index (χ3n) is 4.13. The van der Waals surface area contributed by atoms with Crippen LogP contribution in [0, 0.1) is 12.7 Å². The number of guanidine groups is 1.